The number of amides is 2. The number of nitrogens with one attached hydrogen (secondary N) is 3. The molecule has 0 saturated carbocycles. The lowest BCUT2D eigenvalue weighted by Crippen LogP contribution is -2.36. The molecule has 2 aliphatic heterocycles. The summed E-state index contributed by atoms with van der Waals surface area (Å²) < 4.78 is 1.94. The highest BCUT2D eigenvalue weighted by atomic mass is 16.2. The predicted molar refractivity (Wildman–Crippen MR) is 64.2 cm³/mol. The van der Waals surface area contributed by atoms with E-state index in [1.807, 2.05) is 4.57 Å². The first kappa shape index (κ1) is 11.1. The van der Waals surface area contributed by atoms with E-state index in [9.17, 15) is 9.59 Å². The number of anilines is 1. The van der Waals surface area contributed by atoms with Crippen LogP contribution in [-0.2, 0) is 11.3 Å². The molecular formula is C11H15N5O2. The van der Waals surface area contributed by atoms with Gasteiger partial charge in [-0.2, -0.15) is 0 Å². The largest absolute Gasteiger partial charge is 0.356 e. The highest BCUT2D eigenvalue weighted by Gasteiger charge is 2.25. The van der Waals surface area contributed by atoms with E-state index in [0.29, 0.717) is 18.7 Å². The Morgan fingerprint density at radius 1 is 1.50 bits per heavy atom. The Hall–Kier alpha value is -2.05. The molecular weight excluding hydrogens is 234 g/mol. The lowest BCUT2D eigenvalue weighted by atomic mass is 10.2. The van der Waals surface area contributed by atoms with Crippen molar-refractivity contribution in [2.75, 3.05) is 18.4 Å². The number of nitrogens with zero attached hydrogens (tertiary/aromatic N) is 2. The van der Waals surface area contributed by atoms with E-state index < -0.39 is 0 Å². The molecule has 0 radical (unpaired) electrons. The van der Waals surface area contributed by atoms with Gasteiger partial charge in [-0.25, -0.2) is 4.98 Å². The smallest absolute Gasteiger partial charge is 0.271 e. The zero-order valence-corrected chi connectivity index (χ0v) is 9.90. The lowest BCUT2D eigenvalue weighted by molar-refractivity contribution is -0.119. The molecule has 7 nitrogen and oxygen atoms in total. The van der Waals surface area contributed by atoms with E-state index >= 15 is 0 Å². The predicted octanol–water partition coefficient (Wildman–Crippen LogP) is -0.683. The van der Waals surface area contributed by atoms with Gasteiger partial charge in [0.2, 0.25) is 11.9 Å². The Kier molecular flexibility index (Phi) is 2.66. The van der Waals surface area contributed by atoms with Crippen LogP contribution in [0.25, 0.3) is 0 Å². The summed E-state index contributed by atoms with van der Waals surface area (Å²) in [5.74, 6) is 0.498. The number of carbonyl (C=O) groups is 2. The molecule has 1 aromatic heterocycles. The molecule has 96 valence electrons. The molecule has 1 unspecified atom stereocenters. The quantitative estimate of drug-likeness (QED) is 0.648. The van der Waals surface area contributed by atoms with Crippen LogP contribution in [-0.4, -0.2) is 40.5 Å². The zero-order chi connectivity index (χ0) is 12.5. The number of aromatic nitrogens is 2. The lowest BCUT2D eigenvalue weighted by Gasteiger charge is -2.14. The van der Waals surface area contributed by atoms with E-state index in [1.165, 1.54) is 0 Å². The zero-order valence-electron chi connectivity index (χ0n) is 9.90. The molecule has 1 atom stereocenters. The summed E-state index contributed by atoms with van der Waals surface area (Å²) in [4.78, 5) is 27.3. The van der Waals surface area contributed by atoms with E-state index in [4.69, 9.17) is 0 Å². The summed E-state index contributed by atoms with van der Waals surface area (Å²) in [6.45, 7) is 2.27. The van der Waals surface area contributed by atoms with Crippen LogP contribution >= 0.6 is 0 Å². The van der Waals surface area contributed by atoms with Gasteiger partial charge in [0.1, 0.15) is 5.69 Å². The molecule has 2 amide bonds. The molecule has 7 heteroatoms. The first-order valence-electron chi connectivity index (χ1n) is 6.11. The van der Waals surface area contributed by atoms with E-state index in [0.717, 1.165) is 25.5 Å². The monoisotopic (exact) mass is 249 g/mol. The molecule has 3 rings (SSSR count). The minimum absolute atomic E-state index is 0.0221. The van der Waals surface area contributed by atoms with Crippen molar-refractivity contribution < 1.29 is 9.59 Å². The topological polar surface area (TPSA) is 88.0 Å². The number of rotatable bonds is 2. The maximum Gasteiger partial charge on any atom is 0.271 e. The van der Waals surface area contributed by atoms with E-state index in [1.54, 1.807) is 6.20 Å². The highest BCUT2D eigenvalue weighted by Crippen LogP contribution is 2.14. The highest BCUT2D eigenvalue weighted by molar-refractivity contribution is 5.93. The number of carbonyl (C=O) groups excluding carboxylic acids is 2. The maximum absolute atomic E-state index is 12.0. The van der Waals surface area contributed by atoms with Gasteiger partial charge in [-0.1, -0.05) is 0 Å². The van der Waals surface area contributed by atoms with Gasteiger partial charge in [-0.15, -0.1) is 0 Å². The fourth-order valence-electron chi connectivity index (χ4n) is 2.25. The summed E-state index contributed by atoms with van der Waals surface area (Å²) >= 11 is 0. The molecule has 2 aliphatic rings. The van der Waals surface area contributed by atoms with Gasteiger partial charge in [0.25, 0.3) is 5.91 Å². The normalized spacial score (nSPS) is 22.0. The second-order valence-electron chi connectivity index (χ2n) is 4.60. The van der Waals surface area contributed by atoms with Gasteiger partial charge >= 0.3 is 0 Å². The second kappa shape index (κ2) is 4.32. The summed E-state index contributed by atoms with van der Waals surface area (Å²) in [7, 11) is 0. The van der Waals surface area contributed by atoms with Gasteiger partial charge in [0.15, 0.2) is 0 Å². The van der Waals surface area contributed by atoms with Crippen LogP contribution in [0.3, 0.4) is 0 Å². The Labute approximate surface area is 104 Å². The Morgan fingerprint density at radius 3 is 3.11 bits per heavy atom. The molecule has 18 heavy (non-hydrogen) atoms. The average molecular weight is 249 g/mol. The van der Waals surface area contributed by atoms with Gasteiger partial charge in [-0.05, 0) is 6.42 Å². The first-order valence-corrected chi connectivity index (χ1v) is 6.11. The van der Waals surface area contributed by atoms with Crippen molar-refractivity contribution in [1.82, 2.24) is 20.2 Å². The van der Waals surface area contributed by atoms with Gasteiger partial charge in [0, 0.05) is 32.3 Å². The van der Waals surface area contributed by atoms with Crippen LogP contribution in [0.4, 0.5) is 5.95 Å². The molecule has 0 spiro atoms. The van der Waals surface area contributed by atoms with Crippen LogP contribution in [0.2, 0.25) is 0 Å². The van der Waals surface area contributed by atoms with Gasteiger partial charge in [-0.3, -0.25) is 9.59 Å². The third kappa shape index (κ3) is 2.03. The molecule has 0 bridgehead atoms. The number of fused-ring (bicyclic) bond motifs is 1. The van der Waals surface area contributed by atoms with Crippen LogP contribution in [0.5, 0.6) is 0 Å². The van der Waals surface area contributed by atoms with Crippen LogP contribution in [0, 0.1) is 0 Å². The van der Waals surface area contributed by atoms with E-state index in [2.05, 4.69) is 20.9 Å². The van der Waals surface area contributed by atoms with Crippen LogP contribution < -0.4 is 16.0 Å². The number of aryl methyl sites for hydroxylation is 1. The first-order chi connectivity index (χ1) is 8.72. The van der Waals surface area contributed by atoms with Crippen LogP contribution in [0.15, 0.2) is 6.20 Å². The summed E-state index contributed by atoms with van der Waals surface area (Å²) in [5, 5.41) is 8.64. The number of hydrogen-bond donors (Lipinski definition) is 3. The third-order valence-electron chi connectivity index (χ3n) is 3.18. The van der Waals surface area contributed by atoms with Crippen molar-refractivity contribution in [3.63, 3.8) is 0 Å². The molecule has 1 aromatic rings. The van der Waals surface area contributed by atoms with Crippen molar-refractivity contribution in [2.24, 2.45) is 0 Å². The van der Waals surface area contributed by atoms with Crippen LogP contribution in [0.1, 0.15) is 23.3 Å². The standard InChI is InChI=1S/C11H15N5O2/c17-9-4-7(5-13-9)14-10(18)8-6-16-3-1-2-12-11(16)15-8/h6-7H,1-5H2,(H,12,15)(H,13,17)(H,14,18). The molecule has 1 fully saturated rings. The fourth-order valence-corrected chi connectivity index (χ4v) is 2.25. The second-order valence-corrected chi connectivity index (χ2v) is 4.60. The van der Waals surface area contributed by atoms with Crippen molar-refractivity contribution in [3.05, 3.63) is 11.9 Å². The van der Waals surface area contributed by atoms with Crippen molar-refractivity contribution in [3.8, 4) is 0 Å². The van der Waals surface area contributed by atoms with Crippen molar-refractivity contribution in [2.45, 2.75) is 25.4 Å². The maximum atomic E-state index is 12.0. The number of imidazole rings is 1. The van der Waals surface area contributed by atoms with Crippen molar-refractivity contribution in [1.29, 1.82) is 0 Å². The molecule has 3 N–H and O–H groups in total. The molecule has 0 aliphatic carbocycles. The Bertz CT molecular complexity index is 472. The van der Waals surface area contributed by atoms with Gasteiger partial charge < -0.3 is 20.5 Å². The van der Waals surface area contributed by atoms with Gasteiger partial charge in [0.05, 0.1) is 6.04 Å². The SMILES string of the molecule is O=C1CC(NC(=O)c2cn3c(n2)NCCC3)CN1. The van der Waals surface area contributed by atoms with Crippen molar-refractivity contribution >= 4 is 17.8 Å². The summed E-state index contributed by atoms with van der Waals surface area (Å²) in [6, 6.07) is -0.128. The Morgan fingerprint density at radius 2 is 2.39 bits per heavy atom. The fraction of sp³-hybridized carbons (Fsp3) is 0.545. The molecule has 1 saturated heterocycles. The number of hydrogen-bond acceptors (Lipinski definition) is 4. The molecule has 3 heterocycles. The third-order valence-corrected chi connectivity index (χ3v) is 3.18. The summed E-state index contributed by atoms with van der Waals surface area (Å²) in [6.07, 6.45) is 3.13. The average Bonchev–Trinajstić information content (AvgIpc) is 2.95. The summed E-state index contributed by atoms with van der Waals surface area (Å²) in [5.41, 5.74) is 0.402. The minimum Gasteiger partial charge on any atom is -0.356 e. The minimum atomic E-state index is -0.222. The molecule has 0 aromatic carbocycles. The Balaban J connectivity index is 1.68. The van der Waals surface area contributed by atoms with E-state index in [-0.39, 0.29) is 17.9 Å².